The summed E-state index contributed by atoms with van der Waals surface area (Å²) in [6, 6.07) is 5.31. The van der Waals surface area contributed by atoms with Crippen molar-refractivity contribution in [3.05, 3.63) is 23.2 Å². The average Bonchev–Trinajstić information content (AvgIpc) is 2.11. The monoisotopic (exact) mass is 227 g/mol. The van der Waals surface area contributed by atoms with Gasteiger partial charge in [0.1, 0.15) is 0 Å². The van der Waals surface area contributed by atoms with E-state index in [-0.39, 0.29) is 0 Å². The number of hydrogen-bond acceptors (Lipinski definition) is 3. The van der Waals surface area contributed by atoms with Crippen LogP contribution in [0.5, 0.6) is 0 Å². The van der Waals surface area contributed by atoms with Crippen molar-refractivity contribution in [2.75, 3.05) is 0 Å². The Kier molecular flexibility index (Phi) is 4.21. The second-order valence-corrected chi connectivity index (χ2v) is 4.95. The minimum atomic E-state index is 0.399. The van der Waals surface area contributed by atoms with Crippen LogP contribution in [0.3, 0.4) is 0 Å². The summed E-state index contributed by atoms with van der Waals surface area (Å²) in [6.07, 6.45) is 1.53. The summed E-state index contributed by atoms with van der Waals surface area (Å²) >= 11 is 7.59. The Morgan fingerprint density at radius 1 is 1.50 bits per heavy atom. The highest BCUT2D eigenvalue weighted by atomic mass is 35.5. The number of nitrogens with zero attached hydrogens (tertiary/aromatic N) is 1. The van der Waals surface area contributed by atoms with E-state index < -0.39 is 0 Å². The van der Waals surface area contributed by atoms with Crippen LogP contribution in [0, 0.1) is 0 Å². The smallest absolute Gasteiger partial charge is 0.211 e. The molecule has 1 aromatic rings. The first-order valence-corrected chi connectivity index (χ1v) is 5.44. The molecule has 0 aliphatic rings. The number of benzene rings is 1. The Balaban J connectivity index is 3.14. The fraction of sp³-hybridized carbons (Fsp3) is 0.300. The lowest BCUT2D eigenvalue weighted by Gasteiger charge is -2.08. The van der Waals surface area contributed by atoms with Crippen LogP contribution in [0.4, 0.5) is 5.69 Å². The highest BCUT2D eigenvalue weighted by Crippen LogP contribution is 2.37. The Labute approximate surface area is 92.4 Å². The van der Waals surface area contributed by atoms with Gasteiger partial charge in [-0.2, -0.15) is 4.99 Å². The molecule has 2 nitrogen and oxygen atoms in total. The molecule has 0 saturated heterocycles. The van der Waals surface area contributed by atoms with Gasteiger partial charge in [-0.3, -0.25) is 0 Å². The maximum absolute atomic E-state index is 10.2. The third-order valence-electron chi connectivity index (χ3n) is 1.47. The predicted molar refractivity (Wildman–Crippen MR) is 60.2 cm³/mol. The lowest BCUT2D eigenvalue weighted by molar-refractivity contribution is 0.565. The number of aliphatic imine (C=N–C) groups is 1. The van der Waals surface area contributed by atoms with E-state index in [9.17, 15) is 4.79 Å². The molecule has 14 heavy (non-hydrogen) atoms. The van der Waals surface area contributed by atoms with Crippen LogP contribution in [0.25, 0.3) is 0 Å². The molecule has 74 valence electrons. The maximum atomic E-state index is 10.2. The summed E-state index contributed by atoms with van der Waals surface area (Å²) in [5.74, 6) is 0. The summed E-state index contributed by atoms with van der Waals surface area (Å²) < 4.78 is 0. The van der Waals surface area contributed by atoms with Crippen LogP contribution in [-0.2, 0) is 4.79 Å². The second kappa shape index (κ2) is 5.20. The van der Waals surface area contributed by atoms with Crippen molar-refractivity contribution in [3.63, 3.8) is 0 Å². The van der Waals surface area contributed by atoms with Gasteiger partial charge in [-0.25, -0.2) is 4.79 Å². The summed E-state index contributed by atoms with van der Waals surface area (Å²) in [5, 5.41) is 1.02. The number of hydrogen-bond donors (Lipinski definition) is 0. The first-order chi connectivity index (χ1) is 6.65. The molecule has 0 N–H and O–H groups in total. The molecule has 0 aliphatic carbocycles. The van der Waals surface area contributed by atoms with Gasteiger partial charge in [-0.05, 0) is 12.1 Å². The molecule has 0 spiro atoms. The highest BCUT2D eigenvalue weighted by Gasteiger charge is 2.08. The van der Waals surface area contributed by atoms with Crippen molar-refractivity contribution >= 4 is 35.1 Å². The molecule has 0 fully saturated rings. The van der Waals surface area contributed by atoms with Gasteiger partial charge in [0.25, 0.3) is 0 Å². The Bertz CT molecular complexity index is 372. The highest BCUT2D eigenvalue weighted by molar-refractivity contribution is 8.00. The van der Waals surface area contributed by atoms with E-state index in [0.29, 0.717) is 16.0 Å². The molecule has 0 heterocycles. The average molecular weight is 228 g/mol. The van der Waals surface area contributed by atoms with Gasteiger partial charge < -0.3 is 0 Å². The van der Waals surface area contributed by atoms with Crippen molar-refractivity contribution < 1.29 is 4.79 Å². The van der Waals surface area contributed by atoms with Gasteiger partial charge in [-0.1, -0.05) is 31.5 Å². The number of halogens is 1. The lowest BCUT2D eigenvalue weighted by atomic mass is 10.3. The first-order valence-electron chi connectivity index (χ1n) is 4.18. The van der Waals surface area contributed by atoms with Crippen molar-refractivity contribution in [1.82, 2.24) is 0 Å². The number of isocyanates is 1. The van der Waals surface area contributed by atoms with E-state index in [1.165, 1.54) is 6.08 Å². The van der Waals surface area contributed by atoms with Crippen molar-refractivity contribution in [2.45, 2.75) is 24.0 Å². The second-order valence-electron chi connectivity index (χ2n) is 2.96. The SMILES string of the molecule is CC(C)Sc1c(Cl)cccc1N=C=O. The van der Waals surface area contributed by atoms with Crippen LogP contribution >= 0.6 is 23.4 Å². The van der Waals surface area contributed by atoms with Crippen molar-refractivity contribution in [1.29, 1.82) is 0 Å². The Morgan fingerprint density at radius 2 is 2.21 bits per heavy atom. The van der Waals surface area contributed by atoms with Gasteiger partial charge in [0.05, 0.1) is 15.6 Å². The minimum Gasteiger partial charge on any atom is -0.211 e. The standard InChI is InChI=1S/C10H10ClNOS/c1-7(2)14-10-8(11)4-3-5-9(10)12-6-13/h3-5,7H,1-2H3. The maximum Gasteiger partial charge on any atom is 0.240 e. The lowest BCUT2D eigenvalue weighted by Crippen LogP contribution is -1.87. The fourth-order valence-electron chi connectivity index (χ4n) is 0.987. The van der Waals surface area contributed by atoms with Crippen molar-refractivity contribution in [2.24, 2.45) is 4.99 Å². The Morgan fingerprint density at radius 3 is 2.79 bits per heavy atom. The van der Waals surface area contributed by atoms with Crippen LogP contribution in [0.1, 0.15) is 13.8 Å². The molecule has 0 unspecified atom stereocenters. The molecular weight excluding hydrogens is 218 g/mol. The summed E-state index contributed by atoms with van der Waals surface area (Å²) in [7, 11) is 0. The van der Waals surface area contributed by atoms with Crippen LogP contribution in [-0.4, -0.2) is 11.3 Å². The molecule has 4 heteroatoms. The molecule has 1 rings (SSSR count). The van der Waals surface area contributed by atoms with Gasteiger partial charge >= 0.3 is 0 Å². The molecule has 0 atom stereocenters. The predicted octanol–water partition coefficient (Wildman–Crippen LogP) is 3.81. The largest absolute Gasteiger partial charge is 0.240 e. The molecule has 0 saturated carbocycles. The van der Waals surface area contributed by atoms with Crippen molar-refractivity contribution in [3.8, 4) is 0 Å². The summed E-state index contributed by atoms with van der Waals surface area (Å²) in [5.41, 5.74) is 0.589. The van der Waals surface area contributed by atoms with Crippen LogP contribution in [0.2, 0.25) is 5.02 Å². The number of thioether (sulfide) groups is 1. The molecule has 0 aliphatic heterocycles. The summed E-state index contributed by atoms with van der Waals surface area (Å²) in [6.45, 7) is 4.12. The zero-order valence-electron chi connectivity index (χ0n) is 7.95. The van der Waals surface area contributed by atoms with E-state index in [1.807, 2.05) is 0 Å². The van der Waals surface area contributed by atoms with E-state index >= 15 is 0 Å². The van der Waals surface area contributed by atoms with Crippen LogP contribution < -0.4 is 0 Å². The molecule has 0 amide bonds. The zero-order chi connectivity index (χ0) is 10.6. The van der Waals surface area contributed by atoms with E-state index in [0.717, 1.165) is 4.90 Å². The van der Waals surface area contributed by atoms with Gasteiger partial charge in [0.15, 0.2) is 0 Å². The van der Waals surface area contributed by atoms with E-state index in [1.54, 1.807) is 30.0 Å². The number of rotatable bonds is 3. The third-order valence-corrected chi connectivity index (χ3v) is 3.03. The van der Waals surface area contributed by atoms with Gasteiger partial charge in [0.2, 0.25) is 6.08 Å². The molecule has 0 radical (unpaired) electrons. The van der Waals surface area contributed by atoms with Gasteiger partial charge in [0, 0.05) is 5.25 Å². The molecule has 0 bridgehead atoms. The van der Waals surface area contributed by atoms with E-state index in [4.69, 9.17) is 11.6 Å². The zero-order valence-corrected chi connectivity index (χ0v) is 9.52. The van der Waals surface area contributed by atoms with E-state index in [2.05, 4.69) is 18.8 Å². The number of carbonyl (C=O) groups excluding carboxylic acids is 1. The summed E-state index contributed by atoms with van der Waals surface area (Å²) in [4.78, 5) is 14.6. The minimum absolute atomic E-state index is 0.399. The topological polar surface area (TPSA) is 29.4 Å². The van der Waals surface area contributed by atoms with Crippen LogP contribution in [0.15, 0.2) is 28.1 Å². The quantitative estimate of drug-likeness (QED) is 0.447. The Hall–Kier alpha value is -0.760. The molecule has 0 aromatic heterocycles. The fourth-order valence-corrected chi connectivity index (χ4v) is 2.18. The molecular formula is C10H10ClNOS. The third kappa shape index (κ3) is 2.88. The van der Waals surface area contributed by atoms with Gasteiger partial charge in [-0.15, -0.1) is 11.8 Å². The molecule has 1 aromatic carbocycles. The first kappa shape index (κ1) is 11.3. The normalized spacial score (nSPS) is 10.0.